The van der Waals surface area contributed by atoms with Gasteiger partial charge in [0, 0.05) is 11.6 Å². The predicted molar refractivity (Wildman–Crippen MR) is 73.9 cm³/mol. The summed E-state index contributed by atoms with van der Waals surface area (Å²) in [7, 11) is 0. The molecule has 0 aromatic heterocycles. The molecule has 2 rings (SSSR count). The van der Waals surface area contributed by atoms with E-state index >= 15 is 0 Å². The van der Waals surface area contributed by atoms with Gasteiger partial charge in [-0.25, -0.2) is 4.39 Å². The van der Waals surface area contributed by atoms with E-state index < -0.39 is 0 Å². The first-order valence-electron chi connectivity index (χ1n) is 6.63. The quantitative estimate of drug-likeness (QED) is 0.838. The van der Waals surface area contributed by atoms with Crippen molar-refractivity contribution < 1.29 is 4.39 Å². The molecule has 0 bridgehead atoms. The first-order valence-corrected chi connectivity index (χ1v) is 6.63. The predicted octanol–water partition coefficient (Wildman–Crippen LogP) is 4.12. The van der Waals surface area contributed by atoms with Crippen molar-refractivity contribution in [2.24, 2.45) is 22.5 Å². The Morgan fingerprint density at radius 3 is 2.00 bits per heavy atom. The smallest absolute Gasteiger partial charge is 0.128 e. The van der Waals surface area contributed by atoms with Gasteiger partial charge in [-0.3, -0.25) is 0 Å². The normalized spacial score (nSPS) is 22.9. The molecule has 1 nitrogen and oxygen atoms in total. The van der Waals surface area contributed by atoms with E-state index in [1.54, 1.807) is 6.07 Å². The third-order valence-corrected chi connectivity index (χ3v) is 5.31. The topological polar surface area (TPSA) is 26.0 Å². The Labute approximate surface area is 110 Å². The van der Waals surface area contributed by atoms with E-state index in [0.29, 0.717) is 11.5 Å². The Hall–Kier alpha value is -0.890. The molecular weight excluding hydrogens is 225 g/mol. The molecule has 2 heteroatoms. The van der Waals surface area contributed by atoms with Crippen molar-refractivity contribution in [3.05, 3.63) is 34.6 Å². The number of halogens is 1. The first kappa shape index (κ1) is 13.5. The van der Waals surface area contributed by atoms with Gasteiger partial charge < -0.3 is 5.73 Å². The van der Waals surface area contributed by atoms with Crippen LogP contribution in [0.25, 0.3) is 0 Å². The fourth-order valence-electron chi connectivity index (χ4n) is 3.66. The fourth-order valence-corrected chi connectivity index (χ4v) is 3.66. The molecule has 0 heterocycles. The van der Waals surface area contributed by atoms with Crippen molar-refractivity contribution in [2.45, 2.75) is 47.6 Å². The summed E-state index contributed by atoms with van der Waals surface area (Å²) in [4.78, 5) is 0. The molecule has 1 unspecified atom stereocenters. The Morgan fingerprint density at radius 2 is 1.61 bits per heavy atom. The van der Waals surface area contributed by atoms with Gasteiger partial charge >= 0.3 is 0 Å². The summed E-state index contributed by atoms with van der Waals surface area (Å²) in [5, 5.41) is 0. The van der Waals surface area contributed by atoms with Crippen LogP contribution in [0.3, 0.4) is 0 Å². The zero-order chi connectivity index (χ0) is 13.9. The summed E-state index contributed by atoms with van der Waals surface area (Å²) in [5.41, 5.74) is 9.34. The van der Waals surface area contributed by atoms with Crippen LogP contribution in [0.4, 0.5) is 4.39 Å². The lowest BCUT2D eigenvalue weighted by molar-refractivity contribution is 0.457. The summed E-state index contributed by atoms with van der Waals surface area (Å²) in [5.74, 6) is 0.180. The van der Waals surface area contributed by atoms with Gasteiger partial charge in [-0.1, -0.05) is 33.8 Å². The molecule has 1 aliphatic carbocycles. The third-order valence-electron chi connectivity index (χ3n) is 5.31. The molecular formula is C16H24FN. The molecule has 1 fully saturated rings. The third kappa shape index (κ3) is 1.70. The van der Waals surface area contributed by atoms with Crippen LogP contribution >= 0.6 is 0 Å². The van der Waals surface area contributed by atoms with Crippen LogP contribution in [0.1, 0.15) is 50.4 Å². The second-order valence-corrected chi connectivity index (χ2v) is 6.92. The fraction of sp³-hybridized carbons (Fsp3) is 0.625. The van der Waals surface area contributed by atoms with Gasteiger partial charge in [0.2, 0.25) is 0 Å². The standard InChI is InChI=1S/C16H24FN/c1-9-7-10(2)12(11(17)8-9)13(18)14-15(3,4)16(14,5)6/h7-8,13-14H,18H2,1-6H3. The summed E-state index contributed by atoms with van der Waals surface area (Å²) in [6, 6.07) is 3.39. The van der Waals surface area contributed by atoms with Crippen molar-refractivity contribution in [1.29, 1.82) is 0 Å². The van der Waals surface area contributed by atoms with Gasteiger partial charge in [0.25, 0.3) is 0 Å². The van der Waals surface area contributed by atoms with Gasteiger partial charge in [0.1, 0.15) is 5.82 Å². The van der Waals surface area contributed by atoms with Crippen LogP contribution in [0.5, 0.6) is 0 Å². The Bertz CT molecular complexity index is 451. The van der Waals surface area contributed by atoms with Gasteiger partial charge in [-0.2, -0.15) is 0 Å². The molecule has 0 radical (unpaired) electrons. The van der Waals surface area contributed by atoms with Crippen molar-refractivity contribution >= 4 is 0 Å². The van der Waals surface area contributed by atoms with Crippen molar-refractivity contribution in [2.75, 3.05) is 0 Å². The molecule has 1 saturated carbocycles. The van der Waals surface area contributed by atoms with E-state index in [0.717, 1.165) is 11.1 Å². The van der Waals surface area contributed by atoms with Gasteiger partial charge in [0.15, 0.2) is 0 Å². The molecule has 1 atom stereocenters. The van der Waals surface area contributed by atoms with Gasteiger partial charge in [-0.05, 0) is 47.8 Å². The minimum Gasteiger partial charge on any atom is -0.324 e. The molecule has 18 heavy (non-hydrogen) atoms. The number of hydrogen-bond donors (Lipinski definition) is 1. The van der Waals surface area contributed by atoms with E-state index in [9.17, 15) is 4.39 Å². The highest BCUT2D eigenvalue weighted by atomic mass is 19.1. The molecule has 1 aromatic rings. The maximum Gasteiger partial charge on any atom is 0.128 e. The van der Waals surface area contributed by atoms with Crippen LogP contribution in [0.15, 0.2) is 12.1 Å². The van der Waals surface area contributed by atoms with E-state index in [1.807, 2.05) is 19.9 Å². The Morgan fingerprint density at radius 1 is 1.11 bits per heavy atom. The molecule has 0 saturated heterocycles. The lowest BCUT2D eigenvalue weighted by Crippen LogP contribution is -2.19. The molecule has 2 N–H and O–H groups in total. The van der Waals surface area contributed by atoms with Crippen molar-refractivity contribution in [1.82, 2.24) is 0 Å². The van der Waals surface area contributed by atoms with Crippen molar-refractivity contribution in [3.8, 4) is 0 Å². The van der Waals surface area contributed by atoms with E-state index in [4.69, 9.17) is 5.73 Å². The van der Waals surface area contributed by atoms with Crippen LogP contribution < -0.4 is 5.73 Å². The SMILES string of the molecule is Cc1cc(C)c(C(N)C2C(C)(C)C2(C)C)c(F)c1. The maximum absolute atomic E-state index is 14.2. The summed E-state index contributed by atoms with van der Waals surface area (Å²) in [6.45, 7) is 12.7. The zero-order valence-corrected chi connectivity index (χ0v) is 12.3. The van der Waals surface area contributed by atoms with E-state index in [-0.39, 0.29) is 22.7 Å². The average molecular weight is 249 g/mol. The van der Waals surface area contributed by atoms with Crippen LogP contribution in [0.2, 0.25) is 0 Å². The average Bonchev–Trinajstić information content (AvgIpc) is 2.54. The zero-order valence-electron chi connectivity index (χ0n) is 12.3. The Kier molecular flexibility index (Phi) is 2.86. The number of benzene rings is 1. The highest BCUT2D eigenvalue weighted by Crippen LogP contribution is 2.72. The van der Waals surface area contributed by atoms with E-state index in [1.165, 1.54) is 0 Å². The minimum atomic E-state index is -0.212. The van der Waals surface area contributed by atoms with E-state index in [2.05, 4.69) is 27.7 Å². The second-order valence-electron chi connectivity index (χ2n) is 6.92. The number of aryl methyl sites for hydroxylation is 2. The molecule has 1 aromatic carbocycles. The van der Waals surface area contributed by atoms with Crippen LogP contribution in [-0.2, 0) is 0 Å². The van der Waals surface area contributed by atoms with Gasteiger partial charge in [0.05, 0.1) is 0 Å². The lowest BCUT2D eigenvalue weighted by Gasteiger charge is -2.18. The molecule has 100 valence electrons. The molecule has 0 aliphatic heterocycles. The minimum absolute atomic E-state index is 0.154. The molecule has 1 aliphatic rings. The number of hydrogen-bond acceptors (Lipinski definition) is 1. The van der Waals surface area contributed by atoms with Crippen LogP contribution in [-0.4, -0.2) is 0 Å². The number of rotatable bonds is 2. The van der Waals surface area contributed by atoms with Crippen LogP contribution in [0, 0.1) is 36.4 Å². The maximum atomic E-state index is 14.2. The molecule has 0 spiro atoms. The van der Waals surface area contributed by atoms with Crippen molar-refractivity contribution in [3.63, 3.8) is 0 Å². The number of nitrogens with two attached hydrogens (primary N) is 1. The highest BCUT2D eigenvalue weighted by Gasteiger charge is 2.66. The first-order chi connectivity index (χ1) is 8.10. The largest absolute Gasteiger partial charge is 0.324 e. The molecule has 0 amide bonds. The summed E-state index contributed by atoms with van der Waals surface area (Å²) in [6.07, 6.45) is 0. The monoisotopic (exact) mass is 249 g/mol. The Balaban J connectivity index is 2.40. The summed E-state index contributed by atoms with van der Waals surface area (Å²) < 4.78 is 14.2. The summed E-state index contributed by atoms with van der Waals surface area (Å²) >= 11 is 0. The van der Waals surface area contributed by atoms with Gasteiger partial charge in [-0.15, -0.1) is 0 Å². The lowest BCUT2D eigenvalue weighted by atomic mass is 9.92. The second kappa shape index (κ2) is 3.80. The highest BCUT2D eigenvalue weighted by molar-refractivity contribution is 5.37.